The van der Waals surface area contributed by atoms with E-state index in [1.54, 1.807) is 54.0 Å². The molecule has 1 N–H and O–H groups in total. The zero-order valence-electron chi connectivity index (χ0n) is 24.3. The molecule has 2 aromatic carbocycles. The number of hydrogen-bond donors (Lipinski definition) is 1. The lowest BCUT2D eigenvalue weighted by molar-refractivity contribution is -0.140. The van der Waals surface area contributed by atoms with Gasteiger partial charge in [-0.1, -0.05) is 31.2 Å². The topological polar surface area (TPSA) is 110 Å². The Balaban J connectivity index is 1.26. The number of halogens is 1. The maximum Gasteiger partial charge on any atom is 0.245 e. The molecule has 4 aromatic rings. The minimum atomic E-state index is -0.668. The first-order valence-electron chi connectivity index (χ1n) is 14.1. The Bertz CT molecular complexity index is 1750. The number of fused-ring (bicyclic) bond motifs is 2. The van der Waals surface area contributed by atoms with Crippen molar-refractivity contribution in [2.75, 3.05) is 0 Å². The molecule has 0 spiro atoms. The zero-order chi connectivity index (χ0) is 29.9. The lowest BCUT2D eigenvalue weighted by Gasteiger charge is -2.28. The van der Waals surface area contributed by atoms with E-state index >= 15 is 0 Å². The highest BCUT2D eigenvalue weighted by molar-refractivity contribution is 6.06. The number of carbonyl (C=O) groups is 3. The number of benzene rings is 2. The van der Waals surface area contributed by atoms with E-state index in [0.29, 0.717) is 34.3 Å². The molecule has 0 bridgehead atoms. The van der Waals surface area contributed by atoms with Crippen LogP contribution in [0.1, 0.15) is 67.1 Å². The molecule has 2 aromatic heterocycles. The van der Waals surface area contributed by atoms with Crippen LogP contribution in [0.25, 0.3) is 22.0 Å². The van der Waals surface area contributed by atoms with E-state index in [4.69, 9.17) is 0 Å². The summed E-state index contributed by atoms with van der Waals surface area (Å²) in [5, 5.41) is 8.10. The monoisotopic (exact) mass is 568 g/mol. The van der Waals surface area contributed by atoms with Gasteiger partial charge in [0.05, 0.1) is 11.6 Å². The minimum absolute atomic E-state index is 0.0472. The smallest absolute Gasteiger partial charge is 0.245 e. The van der Waals surface area contributed by atoms with Gasteiger partial charge in [-0.25, -0.2) is 14.4 Å². The quantitative estimate of drug-likeness (QED) is 0.324. The fourth-order valence-corrected chi connectivity index (χ4v) is 6.24. The lowest BCUT2D eigenvalue weighted by atomic mass is 10.0. The molecule has 2 amide bonds. The average Bonchev–Trinajstić information content (AvgIpc) is 3.32. The molecule has 0 radical (unpaired) electrons. The van der Waals surface area contributed by atoms with E-state index in [2.05, 4.69) is 27.3 Å². The Morgan fingerprint density at radius 1 is 1.10 bits per heavy atom. The van der Waals surface area contributed by atoms with Crippen LogP contribution in [0, 0.1) is 25.1 Å². The van der Waals surface area contributed by atoms with Gasteiger partial charge in [-0.2, -0.15) is 5.10 Å². The molecule has 42 heavy (non-hydrogen) atoms. The highest BCUT2D eigenvalue weighted by Gasteiger charge is 2.64. The number of aromatic nitrogens is 4. The maximum absolute atomic E-state index is 14.7. The predicted molar refractivity (Wildman–Crippen MR) is 155 cm³/mol. The molecule has 0 unspecified atom stereocenters. The molecule has 1 saturated heterocycles. The summed E-state index contributed by atoms with van der Waals surface area (Å²) in [5.74, 6) is -0.442. The van der Waals surface area contributed by atoms with Gasteiger partial charge in [0.2, 0.25) is 11.8 Å². The summed E-state index contributed by atoms with van der Waals surface area (Å²) in [7, 11) is 0. The normalized spacial score (nSPS) is 21.7. The van der Waals surface area contributed by atoms with Gasteiger partial charge in [0, 0.05) is 41.9 Å². The van der Waals surface area contributed by atoms with Gasteiger partial charge in [-0.15, -0.1) is 0 Å². The Hall–Kier alpha value is -4.47. The van der Waals surface area contributed by atoms with Crippen molar-refractivity contribution in [3.05, 3.63) is 77.3 Å². The molecular weight excluding hydrogens is 535 g/mol. The molecular formula is C32H33FN6O3. The van der Waals surface area contributed by atoms with Crippen LogP contribution in [0.2, 0.25) is 0 Å². The van der Waals surface area contributed by atoms with Crippen molar-refractivity contribution >= 4 is 28.5 Å². The van der Waals surface area contributed by atoms with Crippen LogP contribution in [-0.2, 0) is 16.1 Å². The summed E-state index contributed by atoms with van der Waals surface area (Å²) >= 11 is 0. The molecule has 2 fully saturated rings. The molecule has 1 aliphatic heterocycles. The van der Waals surface area contributed by atoms with Crippen LogP contribution in [0.5, 0.6) is 0 Å². The van der Waals surface area contributed by atoms with Crippen LogP contribution in [0.4, 0.5) is 4.39 Å². The Labute approximate surface area is 243 Å². The highest BCUT2D eigenvalue weighted by atomic mass is 19.1. The van der Waals surface area contributed by atoms with Crippen molar-refractivity contribution in [2.45, 2.75) is 72.1 Å². The second-order valence-corrected chi connectivity index (χ2v) is 11.9. The van der Waals surface area contributed by atoms with Crippen molar-refractivity contribution in [3.8, 4) is 11.1 Å². The number of rotatable bonds is 7. The number of piperidine rings is 1. The third kappa shape index (κ3) is 4.74. The third-order valence-electron chi connectivity index (χ3n) is 8.76. The number of likely N-dealkylation sites (tertiary alicyclic amines) is 1. The predicted octanol–water partition coefficient (Wildman–Crippen LogP) is 4.71. The highest BCUT2D eigenvalue weighted by Crippen LogP contribution is 2.59. The molecule has 1 aliphatic carbocycles. The SMILES string of the molecule is CC(=O)c1nn(CC(=O)N2[C@H](C(=O)N[C@@H](C)c3cccc(C)c3F)C[C@@]3(C)C[C@@H]23)c2ccc(-c3cnc(C)nc3)cc12. The number of nitrogens with zero attached hydrogens (tertiary/aromatic N) is 5. The van der Waals surface area contributed by atoms with Gasteiger partial charge in [0.1, 0.15) is 29.9 Å². The molecule has 216 valence electrons. The lowest BCUT2D eigenvalue weighted by Crippen LogP contribution is -2.49. The molecule has 1 saturated carbocycles. The Morgan fingerprint density at radius 2 is 1.83 bits per heavy atom. The van der Waals surface area contributed by atoms with E-state index in [1.807, 2.05) is 25.1 Å². The number of amides is 2. The summed E-state index contributed by atoms with van der Waals surface area (Å²) in [5.41, 5.74) is 3.35. The van der Waals surface area contributed by atoms with Gasteiger partial charge < -0.3 is 10.2 Å². The second kappa shape index (κ2) is 10.1. The fraction of sp³-hybridized carbons (Fsp3) is 0.375. The van der Waals surface area contributed by atoms with Gasteiger partial charge >= 0.3 is 0 Å². The van der Waals surface area contributed by atoms with Crippen molar-refractivity contribution in [1.82, 2.24) is 30.0 Å². The van der Waals surface area contributed by atoms with E-state index in [1.165, 1.54) is 6.92 Å². The number of hydrogen-bond acceptors (Lipinski definition) is 6. The van der Waals surface area contributed by atoms with Gasteiger partial charge in [0.25, 0.3) is 0 Å². The number of aryl methyl sites for hydroxylation is 2. The average molecular weight is 569 g/mol. The standard InChI is InChI=1S/C32H33FN6O3/c1-17-7-6-8-23(29(17)33)18(2)36-31(42)26-12-32(5)13-27(32)39(26)28(41)16-38-25-10-9-21(22-14-34-20(4)35-15-22)11-24(25)30(37-38)19(3)40/h6-11,14-15,18,26-27H,12-13,16H2,1-5H3,(H,36,42)/t18-,26-,27+,32-/m0/s1. The van der Waals surface area contributed by atoms with Crippen molar-refractivity contribution in [2.24, 2.45) is 5.41 Å². The molecule has 9 nitrogen and oxygen atoms in total. The summed E-state index contributed by atoms with van der Waals surface area (Å²) in [6.07, 6.45) is 4.82. The number of nitrogens with one attached hydrogen (secondary N) is 1. The third-order valence-corrected chi connectivity index (χ3v) is 8.76. The van der Waals surface area contributed by atoms with Gasteiger partial charge in [-0.05, 0) is 62.3 Å². The van der Waals surface area contributed by atoms with E-state index in [-0.39, 0.29) is 47.1 Å². The Kier molecular flexibility index (Phi) is 6.67. The van der Waals surface area contributed by atoms with Crippen LogP contribution in [0.15, 0.2) is 48.8 Å². The first kappa shape index (κ1) is 27.7. The van der Waals surface area contributed by atoms with Crippen molar-refractivity contribution in [1.29, 1.82) is 0 Å². The first-order valence-corrected chi connectivity index (χ1v) is 14.1. The molecule has 6 rings (SSSR count). The fourth-order valence-electron chi connectivity index (χ4n) is 6.24. The number of Topliss-reactive ketones (excluding diaryl/α,β-unsaturated/α-hetero) is 1. The molecule has 4 atom stereocenters. The van der Waals surface area contributed by atoms with E-state index in [0.717, 1.165) is 17.5 Å². The first-order chi connectivity index (χ1) is 20.0. The number of ketones is 1. The van der Waals surface area contributed by atoms with Crippen molar-refractivity contribution in [3.63, 3.8) is 0 Å². The van der Waals surface area contributed by atoms with Crippen molar-refractivity contribution < 1.29 is 18.8 Å². The van der Waals surface area contributed by atoms with Crippen LogP contribution in [0.3, 0.4) is 0 Å². The number of carbonyl (C=O) groups excluding carboxylic acids is 3. The second-order valence-electron chi connectivity index (χ2n) is 11.9. The zero-order valence-corrected chi connectivity index (χ0v) is 24.3. The van der Waals surface area contributed by atoms with E-state index < -0.39 is 12.1 Å². The largest absolute Gasteiger partial charge is 0.348 e. The molecule has 3 heterocycles. The van der Waals surface area contributed by atoms with Crippen LogP contribution >= 0.6 is 0 Å². The van der Waals surface area contributed by atoms with E-state index in [9.17, 15) is 18.8 Å². The summed E-state index contributed by atoms with van der Waals surface area (Å²) in [6.45, 7) is 8.66. The Morgan fingerprint density at radius 3 is 2.55 bits per heavy atom. The summed E-state index contributed by atoms with van der Waals surface area (Å²) < 4.78 is 16.3. The molecule has 2 aliphatic rings. The minimum Gasteiger partial charge on any atom is -0.348 e. The summed E-state index contributed by atoms with van der Waals surface area (Å²) in [4.78, 5) is 50.1. The van der Waals surface area contributed by atoms with Crippen LogP contribution in [-0.4, -0.2) is 54.3 Å². The van der Waals surface area contributed by atoms with Crippen LogP contribution < -0.4 is 5.32 Å². The maximum atomic E-state index is 14.7. The van der Waals surface area contributed by atoms with Gasteiger partial charge in [0.15, 0.2) is 5.78 Å². The summed E-state index contributed by atoms with van der Waals surface area (Å²) in [6, 6.07) is 9.43. The van der Waals surface area contributed by atoms with Gasteiger partial charge in [-0.3, -0.25) is 19.1 Å². The molecule has 10 heteroatoms.